The lowest BCUT2D eigenvalue weighted by molar-refractivity contribution is 0.514. The summed E-state index contributed by atoms with van der Waals surface area (Å²) in [4.78, 5) is 6.20. The van der Waals surface area contributed by atoms with E-state index in [2.05, 4.69) is 14.7 Å². The molecule has 0 aromatic carbocycles. The van der Waals surface area contributed by atoms with Crippen molar-refractivity contribution in [2.75, 3.05) is 13.1 Å². The average Bonchev–Trinajstić information content (AvgIpc) is 2.69. The van der Waals surface area contributed by atoms with Crippen molar-refractivity contribution >= 4 is 10.0 Å². The number of imidazole rings is 1. The maximum Gasteiger partial charge on any atom is 0.257 e. The van der Waals surface area contributed by atoms with Gasteiger partial charge in [0, 0.05) is 6.54 Å². The third kappa shape index (κ3) is 3.61. The van der Waals surface area contributed by atoms with Gasteiger partial charge >= 0.3 is 0 Å². The molecule has 15 heavy (non-hydrogen) atoms. The lowest BCUT2D eigenvalue weighted by atomic mass is 10.1. The van der Waals surface area contributed by atoms with Gasteiger partial charge in [-0.1, -0.05) is 6.92 Å². The second-order valence-corrected chi connectivity index (χ2v) is 5.19. The molecule has 1 heterocycles. The standard InChI is InChI=1S/C8H16N4O2S/c1-7(2-3-9)4-12-15(13,14)8-5-10-6-11-8/h5-7,12H,2-4,9H2,1H3,(H,10,11). The van der Waals surface area contributed by atoms with E-state index < -0.39 is 10.0 Å². The van der Waals surface area contributed by atoms with Gasteiger partial charge in [0.15, 0.2) is 5.03 Å². The molecule has 0 saturated heterocycles. The van der Waals surface area contributed by atoms with Gasteiger partial charge in [0.2, 0.25) is 0 Å². The van der Waals surface area contributed by atoms with Gasteiger partial charge in [-0.3, -0.25) is 0 Å². The smallest absolute Gasteiger partial charge is 0.257 e. The molecule has 0 aliphatic carbocycles. The molecule has 1 aromatic heterocycles. The molecule has 0 radical (unpaired) electrons. The SMILES string of the molecule is CC(CCN)CNS(=O)(=O)c1cnc[nH]1. The molecule has 0 aliphatic heterocycles. The van der Waals surface area contributed by atoms with Crippen LogP contribution in [0, 0.1) is 5.92 Å². The third-order valence-corrected chi connectivity index (χ3v) is 3.39. The van der Waals surface area contributed by atoms with Crippen LogP contribution in [-0.4, -0.2) is 31.5 Å². The Hall–Kier alpha value is -0.920. The molecule has 0 spiro atoms. The fourth-order valence-electron chi connectivity index (χ4n) is 1.11. The Morgan fingerprint density at radius 2 is 2.40 bits per heavy atom. The van der Waals surface area contributed by atoms with Crippen molar-refractivity contribution in [1.29, 1.82) is 0 Å². The van der Waals surface area contributed by atoms with Crippen LogP contribution < -0.4 is 10.5 Å². The number of rotatable bonds is 6. The van der Waals surface area contributed by atoms with Crippen LogP contribution in [0.2, 0.25) is 0 Å². The Labute approximate surface area is 89.3 Å². The molecule has 6 nitrogen and oxygen atoms in total. The first-order valence-electron chi connectivity index (χ1n) is 4.74. The van der Waals surface area contributed by atoms with Gasteiger partial charge in [-0.05, 0) is 18.9 Å². The number of nitrogens with zero attached hydrogens (tertiary/aromatic N) is 1. The highest BCUT2D eigenvalue weighted by Crippen LogP contribution is 2.04. The first-order valence-corrected chi connectivity index (χ1v) is 6.22. The minimum absolute atomic E-state index is 0.0856. The van der Waals surface area contributed by atoms with Crippen LogP contribution in [0.3, 0.4) is 0 Å². The summed E-state index contributed by atoms with van der Waals surface area (Å²) in [6, 6.07) is 0. The molecular formula is C8H16N4O2S. The van der Waals surface area contributed by atoms with Gasteiger partial charge in [-0.2, -0.15) is 0 Å². The molecule has 1 rings (SSSR count). The minimum Gasteiger partial charge on any atom is -0.335 e. The van der Waals surface area contributed by atoms with Gasteiger partial charge < -0.3 is 10.7 Å². The van der Waals surface area contributed by atoms with Crippen LogP contribution in [0.4, 0.5) is 0 Å². The average molecular weight is 232 g/mol. The number of sulfonamides is 1. The van der Waals surface area contributed by atoms with Gasteiger partial charge in [-0.25, -0.2) is 18.1 Å². The van der Waals surface area contributed by atoms with Crippen LogP contribution in [0.5, 0.6) is 0 Å². The van der Waals surface area contributed by atoms with Crippen molar-refractivity contribution in [2.45, 2.75) is 18.4 Å². The minimum atomic E-state index is -3.44. The molecule has 0 fully saturated rings. The summed E-state index contributed by atoms with van der Waals surface area (Å²) < 4.78 is 25.7. The van der Waals surface area contributed by atoms with Crippen LogP contribution in [0.15, 0.2) is 17.6 Å². The summed E-state index contributed by atoms with van der Waals surface area (Å²) in [6.45, 7) is 2.90. The van der Waals surface area contributed by atoms with E-state index in [1.54, 1.807) is 0 Å². The van der Waals surface area contributed by atoms with E-state index in [1.165, 1.54) is 12.5 Å². The number of nitrogens with two attached hydrogens (primary N) is 1. The largest absolute Gasteiger partial charge is 0.335 e. The van der Waals surface area contributed by atoms with Crippen molar-refractivity contribution in [3.05, 3.63) is 12.5 Å². The van der Waals surface area contributed by atoms with Gasteiger partial charge in [-0.15, -0.1) is 0 Å². The molecular weight excluding hydrogens is 216 g/mol. The highest BCUT2D eigenvalue weighted by atomic mass is 32.2. The van der Waals surface area contributed by atoms with E-state index in [-0.39, 0.29) is 10.9 Å². The molecule has 4 N–H and O–H groups in total. The van der Waals surface area contributed by atoms with Gasteiger partial charge in [0.25, 0.3) is 10.0 Å². The van der Waals surface area contributed by atoms with Crippen LogP contribution >= 0.6 is 0 Å². The van der Waals surface area contributed by atoms with E-state index >= 15 is 0 Å². The molecule has 1 aromatic rings. The van der Waals surface area contributed by atoms with Gasteiger partial charge in [0.1, 0.15) is 0 Å². The molecule has 0 bridgehead atoms. The summed E-state index contributed by atoms with van der Waals surface area (Å²) in [5.41, 5.74) is 5.37. The first-order chi connectivity index (χ1) is 7.06. The number of aromatic amines is 1. The summed E-state index contributed by atoms with van der Waals surface area (Å²) in [5, 5.41) is 0.0856. The highest BCUT2D eigenvalue weighted by molar-refractivity contribution is 7.89. The zero-order chi connectivity index (χ0) is 11.3. The molecule has 1 unspecified atom stereocenters. The van der Waals surface area contributed by atoms with Crippen LogP contribution in [0.25, 0.3) is 0 Å². The van der Waals surface area contributed by atoms with Crippen molar-refractivity contribution < 1.29 is 8.42 Å². The van der Waals surface area contributed by atoms with Crippen molar-refractivity contribution in [2.24, 2.45) is 11.7 Å². The van der Waals surface area contributed by atoms with Crippen LogP contribution in [0.1, 0.15) is 13.3 Å². The molecule has 86 valence electrons. The summed E-state index contributed by atoms with van der Waals surface area (Å²) in [5.74, 6) is 0.229. The lowest BCUT2D eigenvalue weighted by Gasteiger charge is -2.10. The normalized spacial score (nSPS) is 14.0. The summed E-state index contributed by atoms with van der Waals surface area (Å²) in [7, 11) is -3.44. The predicted octanol–water partition coefficient (Wildman–Crippen LogP) is -0.327. The Bertz CT molecular complexity index is 373. The second-order valence-electron chi connectivity index (χ2n) is 3.45. The fraction of sp³-hybridized carbons (Fsp3) is 0.625. The number of hydrogen-bond acceptors (Lipinski definition) is 4. The highest BCUT2D eigenvalue weighted by Gasteiger charge is 2.15. The van der Waals surface area contributed by atoms with E-state index in [9.17, 15) is 8.42 Å². The zero-order valence-corrected chi connectivity index (χ0v) is 9.42. The maximum atomic E-state index is 11.6. The van der Waals surface area contributed by atoms with Crippen molar-refractivity contribution in [3.8, 4) is 0 Å². The Kier molecular flexibility index (Phi) is 4.25. The van der Waals surface area contributed by atoms with E-state index in [0.29, 0.717) is 13.1 Å². The lowest BCUT2D eigenvalue weighted by Crippen LogP contribution is -2.29. The first kappa shape index (κ1) is 12.2. The second kappa shape index (κ2) is 5.24. The Balaban J connectivity index is 2.52. The third-order valence-electron chi connectivity index (χ3n) is 2.04. The fourth-order valence-corrected chi connectivity index (χ4v) is 2.17. The summed E-state index contributed by atoms with van der Waals surface area (Å²) in [6.07, 6.45) is 3.40. The van der Waals surface area contributed by atoms with Crippen molar-refractivity contribution in [3.63, 3.8) is 0 Å². The van der Waals surface area contributed by atoms with E-state index in [1.807, 2.05) is 6.92 Å². The Morgan fingerprint density at radius 1 is 1.67 bits per heavy atom. The van der Waals surface area contributed by atoms with Crippen LogP contribution in [-0.2, 0) is 10.0 Å². The quantitative estimate of drug-likeness (QED) is 0.625. The topological polar surface area (TPSA) is 101 Å². The van der Waals surface area contributed by atoms with Crippen molar-refractivity contribution in [1.82, 2.24) is 14.7 Å². The van der Waals surface area contributed by atoms with Gasteiger partial charge in [0.05, 0.1) is 12.5 Å². The molecule has 7 heteroatoms. The number of H-pyrrole nitrogens is 1. The zero-order valence-electron chi connectivity index (χ0n) is 8.60. The molecule has 0 saturated carbocycles. The van der Waals surface area contributed by atoms with E-state index in [0.717, 1.165) is 6.42 Å². The predicted molar refractivity (Wildman–Crippen MR) is 56.6 cm³/mol. The molecule has 1 atom stereocenters. The van der Waals surface area contributed by atoms with E-state index in [4.69, 9.17) is 5.73 Å². The number of hydrogen-bond donors (Lipinski definition) is 3. The molecule has 0 amide bonds. The number of aromatic nitrogens is 2. The summed E-state index contributed by atoms with van der Waals surface area (Å²) >= 11 is 0. The number of nitrogens with one attached hydrogen (secondary N) is 2. The Morgan fingerprint density at radius 3 is 2.93 bits per heavy atom. The molecule has 0 aliphatic rings. The maximum absolute atomic E-state index is 11.6. The monoisotopic (exact) mass is 232 g/mol.